The van der Waals surface area contributed by atoms with E-state index in [1.54, 1.807) is 0 Å². The Balaban J connectivity index is 0.000000137. The molecule has 10 nitrogen and oxygen atoms in total. The summed E-state index contributed by atoms with van der Waals surface area (Å²) in [5, 5.41) is 55.1. The third-order valence-corrected chi connectivity index (χ3v) is 19.6. The first kappa shape index (κ1) is 55.5. The Morgan fingerprint density at radius 3 is 0.929 bits per heavy atom. The molecule has 0 aliphatic heterocycles. The third-order valence-electron chi connectivity index (χ3n) is 19.6. The van der Waals surface area contributed by atoms with Crippen molar-refractivity contribution in [2.24, 2.45) is 0 Å². The Hall–Kier alpha value is -14.2. The molecule has 6 heterocycles. The van der Waals surface area contributed by atoms with Gasteiger partial charge in [-0.25, -0.2) is 0 Å². The van der Waals surface area contributed by atoms with Crippen molar-refractivity contribution < 1.29 is 8.83 Å². The second-order valence-corrected chi connectivity index (χ2v) is 24.7. The number of nitrogens with zero attached hydrogens (tertiary/aromatic N) is 8. The molecular formula is C88H48N8O2. The lowest BCUT2D eigenvalue weighted by Gasteiger charge is -2.14. The monoisotopic (exact) mass is 1250 g/mol. The summed E-state index contributed by atoms with van der Waals surface area (Å²) in [5.74, 6) is 0. The molecule has 20 rings (SSSR count). The molecule has 0 amide bonds. The first-order chi connectivity index (χ1) is 48.5. The Kier molecular flexibility index (Phi) is 12.3. The van der Waals surface area contributed by atoms with Gasteiger partial charge in [-0.2, -0.15) is 21.0 Å². The van der Waals surface area contributed by atoms with E-state index < -0.39 is 0 Å². The van der Waals surface area contributed by atoms with Crippen LogP contribution in [0.25, 0.3) is 176 Å². The van der Waals surface area contributed by atoms with E-state index in [1.807, 2.05) is 182 Å². The van der Waals surface area contributed by atoms with Gasteiger partial charge in [-0.05, 0) is 144 Å². The number of benzene rings is 14. The van der Waals surface area contributed by atoms with E-state index in [0.717, 1.165) is 176 Å². The Bertz CT molecular complexity index is 6900. The zero-order valence-corrected chi connectivity index (χ0v) is 52.1. The number of nitriles is 4. The molecule has 20 aromatic rings. The van der Waals surface area contributed by atoms with Gasteiger partial charge in [0.05, 0.1) is 94.5 Å². The van der Waals surface area contributed by atoms with Crippen LogP contribution in [0.15, 0.2) is 300 Å². The summed E-state index contributed by atoms with van der Waals surface area (Å²) >= 11 is 0. The molecule has 0 spiro atoms. The van der Waals surface area contributed by atoms with Crippen LogP contribution in [0, 0.1) is 45.3 Å². The van der Waals surface area contributed by atoms with Crippen molar-refractivity contribution in [2.45, 2.75) is 0 Å². The summed E-state index contributed by atoms with van der Waals surface area (Å²) in [6.07, 6.45) is 0. The second-order valence-electron chi connectivity index (χ2n) is 24.7. The number of rotatable bonds is 6. The van der Waals surface area contributed by atoms with Crippen LogP contribution in [0.1, 0.15) is 22.3 Å². The van der Waals surface area contributed by atoms with Crippen LogP contribution in [0.3, 0.4) is 0 Å². The average molecular weight is 1250 g/mol. The Morgan fingerprint density at radius 2 is 0.520 bits per heavy atom. The molecular weight excluding hydrogens is 1200 g/mol. The van der Waals surface area contributed by atoms with Gasteiger partial charge in [0.15, 0.2) is 0 Å². The molecule has 0 atom stereocenters. The van der Waals surface area contributed by atoms with E-state index in [0.29, 0.717) is 22.3 Å². The highest BCUT2D eigenvalue weighted by Gasteiger charge is 2.24. The van der Waals surface area contributed by atoms with Crippen molar-refractivity contribution in [1.29, 1.82) is 21.0 Å². The first-order valence-electron chi connectivity index (χ1n) is 32.3. The summed E-state index contributed by atoms with van der Waals surface area (Å²) in [6, 6.07) is 108. The van der Waals surface area contributed by atoms with Crippen LogP contribution in [-0.4, -0.2) is 18.3 Å². The molecule has 10 heteroatoms. The molecule has 0 radical (unpaired) electrons. The van der Waals surface area contributed by atoms with Gasteiger partial charge >= 0.3 is 0 Å². The van der Waals surface area contributed by atoms with Gasteiger partial charge in [0.1, 0.15) is 46.6 Å². The summed E-state index contributed by atoms with van der Waals surface area (Å²) in [4.78, 5) is 0. The van der Waals surface area contributed by atoms with E-state index in [1.165, 1.54) is 0 Å². The van der Waals surface area contributed by atoms with Crippen LogP contribution in [0.4, 0.5) is 0 Å². The van der Waals surface area contributed by atoms with Crippen molar-refractivity contribution >= 4 is 131 Å². The quantitative estimate of drug-likeness (QED) is 0.162. The SMILES string of the molecule is N#Cc1cc(-c2ccc(-n3c4ccccc4c4c5c(ccc43)oc3ccccc35)c(C#N)c2)ccc1-n1c2ccccc2c2ccccc21.N#Cc1cc(-c2ccc(-n3c4ccccc4c4c5oc6ccccc6c5ccc43)c(C#N)c2)ccc1-n1c2ccccc2c2ccccc21. The van der Waals surface area contributed by atoms with E-state index in [-0.39, 0.29) is 0 Å². The van der Waals surface area contributed by atoms with E-state index in [4.69, 9.17) is 8.83 Å². The zero-order valence-electron chi connectivity index (χ0n) is 52.1. The summed E-state index contributed by atoms with van der Waals surface area (Å²) in [5.41, 5.74) is 20.5. The van der Waals surface area contributed by atoms with E-state index >= 15 is 0 Å². The van der Waals surface area contributed by atoms with Crippen molar-refractivity contribution in [2.75, 3.05) is 0 Å². The van der Waals surface area contributed by atoms with Gasteiger partial charge in [-0.1, -0.05) is 170 Å². The van der Waals surface area contributed by atoms with Crippen molar-refractivity contribution in [3.8, 4) is 69.3 Å². The minimum Gasteiger partial charge on any atom is -0.456 e. The lowest BCUT2D eigenvalue weighted by Crippen LogP contribution is -1.99. The number of hydrogen-bond acceptors (Lipinski definition) is 6. The highest BCUT2D eigenvalue weighted by Crippen LogP contribution is 2.45. The molecule has 0 bridgehead atoms. The second kappa shape index (κ2) is 21.7. The summed E-state index contributed by atoms with van der Waals surface area (Å²) in [7, 11) is 0. The zero-order chi connectivity index (χ0) is 65.3. The van der Waals surface area contributed by atoms with Crippen LogP contribution in [0.2, 0.25) is 0 Å². The van der Waals surface area contributed by atoms with Crippen LogP contribution in [-0.2, 0) is 0 Å². The first-order valence-corrected chi connectivity index (χ1v) is 32.3. The van der Waals surface area contributed by atoms with Gasteiger partial charge in [0, 0.05) is 59.2 Å². The van der Waals surface area contributed by atoms with Crippen LogP contribution in [0.5, 0.6) is 0 Å². The van der Waals surface area contributed by atoms with Gasteiger partial charge in [-0.3, -0.25) is 0 Å². The van der Waals surface area contributed by atoms with Crippen LogP contribution >= 0.6 is 0 Å². The fraction of sp³-hybridized carbons (Fsp3) is 0. The minimum atomic E-state index is 0.537. The molecule has 0 unspecified atom stereocenters. The molecule has 0 saturated carbocycles. The molecule has 14 aromatic carbocycles. The number of para-hydroxylation sites is 8. The fourth-order valence-electron chi connectivity index (χ4n) is 15.4. The molecule has 0 N–H and O–H groups in total. The maximum atomic E-state index is 10.5. The van der Waals surface area contributed by atoms with Gasteiger partial charge in [-0.15, -0.1) is 0 Å². The maximum Gasteiger partial charge on any atom is 0.145 e. The van der Waals surface area contributed by atoms with Crippen molar-refractivity contribution in [3.63, 3.8) is 0 Å². The average Bonchev–Trinajstić information content (AvgIpc) is 1.56. The third kappa shape index (κ3) is 8.17. The summed E-state index contributed by atoms with van der Waals surface area (Å²) in [6.45, 7) is 0. The van der Waals surface area contributed by atoms with Crippen molar-refractivity contribution in [3.05, 3.63) is 313 Å². The predicted octanol–water partition coefficient (Wildman–Crippen LogP) is 22.4. The Morgan fingerprint density at radius 1 is 0.214 bits per heavy atom. The van der Waals surface area contributed by atoms with Crippen LogP contribution < -0.4 is 0 Å². The minimum absolute atomic E-state index is 0.537. The standard InChI is InChI=1S/2C44H24N4O/c45-25-29-23-27(17-20-36(29)47-38-13-5-1-9-31(38)32-10-2-6-14-39(32)47)28-18-21-37(30(24-28)26-46)48-40-15-7-3-12-35(40)43-41(48)22-19-34-33-11-4-8-16-42(33)49-44(34)43;45-25-29-23-27(17-19-35(29)47-37-13-5-1-9-31(37)32-10-2-6-14-38(32)47)28-18-20-36(30(24-28)26-46)48-39-15-7-3-11-33(39)43-40(48)21-22-42-44(43)34-12-4-8-16-41(34)49-42/h2*1-24H. The molecule has 0 fully saturated rings. The van der Waals surface area contributed by atoms with Gasteiger partial charge in [0.25, 0.3) is 0 Å². The largest absolute Gasteiger partial charge is 0.456 e. The number of aromatic nitrogens is 4. The molecule has 452 valence electrons. The molecule has 6 aromatic heterocycles. The van der Waals surface area contributed by atoms with E-state index in [9.17, 15) is 21.0 Å². The lowest BCUT2D eigenvalue weighted by atomic mass is 9.99. The summed E-state index contributed by atoms with van der Waals surface area (Å²) < 4.78 is 21.4. The molecule has 0 aliphatic rings. The predicted molar refractivity (Wildman–Crippen MR) is 395 cm³/mol. The Labute approximate surface area is 558 Å². The van der Waals surface area contributed by atoms with Gasteiger partial charge in [0.2, 0.25) is 0 Å². The number of fused-ring (bicyclic) bond motifs is 20. The molecule has 0 saturated heterocycles. The van der Waals surface area contributed by atoms with Gasteiger partial charge < -0.3 is 27.1 Å². The maximum absolute atomic E-state index is 10.5. The molecule has 0 aliphatic carbocycles. The smallest absolute Gasteiger partial charge is 0.145 e. The normalized spacial score (nSPS) is 11.6. The number of furan rings is 2. The molecule has 98 heavy (non-hydrogen) atoms. The highest BCUT2D eigenvalue weighted by atomic mass is 16.3. The van der Waals surface area contributed by atoms with E-state index in [2.05, 4.69) is 152 Å². The lowest BCUT2D eigenvalue weighted by molar-refractivity contribution is 0.669. The number of hydrogen-bond donors (Lipinski definition) is 0. The topological polar surface area (TPSA) is 141 Å². The van der Waals surface area contributed by atoms with Crippen molar-refractivity contribution in [1.82, 2.24) is 18.3 Å². The highest BCUT2D eigenvalue weighted by molar-refractivity contribution is 6.28. The fourth-order valence-corrected chi connectivity index (χ4v) is 15.4.